The summed E-state index contributed by atoms with van der Waals surface area (Å²) in [5.74, 6) is 0. The minimum atomic E-state index is 1.04. The SMILES string of the molecule is C=C1C=C[CH-]/C(C)=C\C=C/1. The summed E-state index contributed by atoms with van der Waals surface area (Å²) in [6.45, 7) is 5.89. The predicted molar refractivity (Wildman–Crippen MR) is 45.5 cm³/mol. The van der Waals surface area contributed by atoms with E-state index in [1.54, 1.807) is 0 Å². The van der Waals surface area contributed by atoms with E-state index < -0.39 is 0 Å². The fraction of sp³-hybridized carbons (Fsp3) is 0.100. The van der Waals surface area contributed by atoms with Gasteiger partial charge in [-0.3, -0.25) is 0 Å². The van der Waals surface area contributed by atoms with Crippen LogP contribution in [0.2, 0.25) is 0 Å². The van der Waals surface area contributed by atoms with Gasteiger partial charge in [0.05, 0.1) is 0 Å². The van der Waals surface area contributed by atoms with Gasteiger partial charge in [-0.1, -0.05) is 18.6 Å². The lowest BCUT2D eigenvalue weighted by atomic mass is 10.1. The van der Waals surface area contributed by atoms with Crippen LogP contribution in [0.4, 0.5) is 0 Å². The number of rotatable bonds is 0. The van der Waals surface area contributed by atoms with Crippen molar-refractivity contribution in [1.29, 1.82) is 0 Å². The Hall–Kier alpha value is -1.17. The van der Waals surface area contributed by atoms with Gasteiger partial charge < -0.3 is 0 Å². The molecule has 1 rings (SSSR count). The third-order valence-electron chi connectivity index (χ3n) is 1.34. The first-order valence-electron chi connectivity index (χ1n) is 3.34. The van der Waals surface area contributed by atoms with Crippen molar-refractivity contribution in [2.75, 3.05) is 0 Å². The average Bonchev–Trinajstić information content (AvgIpc) is 1.84. The molecule has 0 radical (unpaired) electrons. The van der Waals surface area contributed by atoms with Gasteiger partial charge >= 0.3 is 0 Å². The normalized spacial score (nSPS) is 25.7. The number of hydrogen-bond donors (Lipinski definition) is 0. The lowest BCUT2D eigenvalue weighted by Crippen LogP contribution is -1.77. The largest absolute Gasteiger partial charge is 0.171 e. The van der Waals surface area contributed by atoms with E-state index in [0.29, 0.717) is 0 Å². The molecule has 0 saturated carbocycles. The highest BCUT2D eigenvalue weighted by molar-refractivity contribution is 5.37. The van der Waals surface area contributed by atoms with Crippen molar-refractivity contribution in [3.63, 3.8) is 0 Å². The first-order valence-corrected chi connectivity index (χ1v) is 3.34. The van der Waals surface area contributed by atoms with Gasteiger partial charge in [-0.15, -0.1) is 12.7 Å². The van der Waals surface area contributed by atoms with Gasteiger partial charge in [-0.25, -0.2) is 0 Å². The molecule has 0 bridgehead atoms. The highest BCUT2D eigenvalue weighted by atomic mass is 13.9. The van der Waals surface area contributed by atoms with E-state index in [9.17, 15) is 0 Å². The second kappa shape index (κ2) is 3.11. The lowest BCUT2D eigenvalue weighted by molar-refractivity contribution is 1.42. The van der Waals surface area contributed by atoms with Crippen LogP contribution >= 0.6 is 0 Å². The minimum Gasteiger partial charge on any atom is -0.171 e. The Morgan fingerprint density at radius 3 is 3.00 bits per heavy atom. The molecule has 0 saturated heterocycles. The van der Waals surface area contributed by atoms with E-state index >= 15 is 0 Å². The van der Waals surface area contributed by atoms with E-state index in [-0.39, 0.29) is 0 Å². The van der Waals surface area contributed by atoms with Crippen LogP contribution in [0.15, 0.2) is 48.1 Å². The molecule has 0 heteroatoms. The fourth-order valence-corrected chi connectivity index (χ4v) is 0.758. The first-order chi connectivity index (χ1) is 4.79. The van der Waals surface area contributed by atoms with Crippen molar-refractivity contribution in [1.82, 2.24) is 0 Å². The maximum Gasteiger partial charge on any atom is -0.0625 e. The topological polar surface area (TPSA) is 0 Å². The van der Waals surface area contributed by atoms with Crippen LogP contribution in [-0.4, -0.2) is 0 Å². The molecule has 0 atom stereocenters. The zero-order chi connectivity index (χ0) is 7.40. The van der Waals surface area contributed by atoms with Crippen LogP contribution in [0, 0.1) is 6.42 Å². The molecule has 0 aromatic heterocycles. The molecule has 0 fully saturated rings. The Bertz CT molecular complexity index is 214. The molecule has 0 aliphatic heterocycles. The molecular weight excluding hydrogens is 120 g/mol. The van der Waals surface area contributed by atoms with Gasteiger partial charge in [0.1, 0.15) is 0 Å². The summed E-state index contributed by atoms with van der Waals surface area (Å²) < 4.78 is 0. The van der Waals surface area contributed by atoms with Gasteiger partial charge in [0, 0.05) is 0 Å². The maximum absolute atomic E-state index is 3.82. The summed E-state index contributed by atoms with van der Waals surface area (Å²) in [5, 5.41) is 0. The molecule has 0 nitrogen and oxygen atoms in total. The van der Waals surface area contributed by atoms with Crippen LogP contribution in [0.25, 0.3) is 0 Å². The summed E-state index contributed by atoms with van der Waals surface area (Å²) in [6, 6.07) is 0. The second-order valence-electron chi connectivity index (χ2n) is 2.37. The highest BCUT2D eigenvalue weighted by Gasteiger charge is 1.78. The Balaban J connectivity index is 2.80. The van der Waals surface area contributed by atoms with Crippen LogP contribution in [0.3, 0.4) is 0 Å². The van der Waals surface area contributed by atoms with Crippen LogP contribution < -0.4 is 0 Å². The predicted octanol–water partition coefficient (Wildman–Crippen LogP) is 2.82. The van der Waals surface area contributed by atoms with Crippen molar-refractivity contribution < 1.29 is 0 Å². The third kappa shape index (κ3) is 1.98. The summed E-state index contributed by atoms with van der Waals surface area (Å²) in [4.78, 5) is 0. The Morgan fingerprint density at radius 1 is 1.40 bits per heavy atom. The van der Waals surface area contributed by atoms with Gasteiger partial charge in [0.2, 0.25) is 0 Å². The van der Waals surface area contributed by atoms with Crippen molar-refractivity contribution in [3.05, 3.63) is 54.5 Å². The lowest BCUT2D eigenvalue weighted by Gasteiger charge is -2.05. The highest BCUT2D eigenvalue weighted by Crippen LogP contribution is 2.06. The summed E-state index contributed by atoms with van der Waals surface area (Å²) >= 11 is 0. The molecule has 0 spiro atoms. The first kappa shape index (κ1) is 6.94. The molecule has 1 aliphatic carbocycles. The number of hydrogen-bond acceptors (Lipinski definition) is 0. The molecule has 10 heavy (non-hydrogen) atoms. The van der Waals surface area contributed by atoms with Crippen molar-refractivity contribution >= 4 is 0 Å². The van der Waals surface area contributed by atoms with E-state index in [2.05, 4.69) is 26.0 Å². The molecule has 0 N–H and O–H groups in total. The Kier molecular flexibility index (Phi) is 2.16. The summed E-state index contributed by atoms with van der Waals surface area (Å²) in [5.41, 5.74) is 2.31. The van der Waals surface area contributed by atoms with Crippen molar-refractivity contribution in [2.24, 2.45) is 0 Å². The van der Waals surface area contributed by atoms with Crippen molar-refractivity contribution in [3.8, 4) is 0 Å². The average molecular weight is 131 g/mol. The molecular formula is C10H11-. The van der Waals surface area contributed by atoms with Gasteiger partial charge in [-0.2, -0.15) is 30.2 Å². The Morgan fingerprint density at radius 2 is 2.20 bits per heavy atom. The maximum atomic E-state index is 3.82. The van der Waals surface area contributed by atoms with E-state index in [1.807, 2.05) is 24.3 Å². The third-order valence-corrected chi connectivity index (χ3v) is 1.34. The van der Waals surface area contributed by atoms with E-state index in [0.717, 1.165) is 5.57 Å². The summed E-state index contributed by atoms with van der Waals surface area (Å²) in [6.07, 6.45) is 12.1. The van der Waals surface area contributed by atoms with Crippen LogP contribution in [0.1, 0.15) is 6.92 Å². The molecule has 0 amide bonds. The quantitative estimate of drug-likeness (QED) is 0.443. The molecule has 0 aromatic carbocycles. The fourth-order valence-electron chi connectivity index (χ4n) is 0.758. The van der Waals surface area contributed by atoms with Crippen LogP contribution in [0.5, 0.6) is 0 Å². The minimum absolute atomic E-state index is 1.04. The van der Waals surface area contributed by atoms with Crippen molar-refractivity contribution in [2.45, 2.75) is 6.92 Å². The van der Waals surface area contributed by atoms with E-state index in [1.165, 1.54) is 5.57 Å². The molecule has 0 heterocycles. The Labute approximate surface area is 62.3 Å². The van der Waals surface area contributed by atoms with Crippen LogP contribution in [-0.2, 0) is 0 Å². The molecule has 0 aromatic rings. The monoisotopic (exact) mass is 131 g/mol. The molecule has 52 valence electrons. The smallest absolute Gasteiger partial charge is 0.0625 e. The standard InChI is InChI=1S/C10H11/c1-9-5-3-7-10(2)8-4-6-9/h3-8H,1H2,2H3/q-1/b5-3-,6-4?,10-7-. The number of allylic oxidation sites excluding steroid dienone is 7. The molecule has 0 unspecified atom stereocenters. The summed E-state index contributed by atoms with van der Waals surface area (Å²) in [7, 11) is 0. The zero-order valence-electron chi connectivity index (χ0n) is 6.17. The van der Waals surface area contributed by atoms with E-state index in [4.69, 9.17) is 0 Å². The van der Waals surface area contributed by atoms with Gasteiger partial charge in [-0.05, 0) is 0 Å². The van der Waals surface area contributed by atoms with Gasteiger partial charge in [0.15, 0.2) is 0 Å². The second-order valence-corrected chi connectivity index (χ2v) is 2.37. The van der Waals surface area contributed by atoms with Gasteiger partial charge in [0.25, 0.3) is 0 Å². The zero-order valence-corrected chi connectivity index (χ0v) is 6.17. The molecule has 1 aliphatic rings.